The van der Waals surface area contributed by atoms with Crippen molar-refractivity contribution in [2.24, 2.45) is 0 Å². The molecule has 1 fully saturated rings. The van der Waals surface area contributed by atoms with E-state index >= 15 is 0 Å². The molecule has 1 aliphatic rings. The maximum Gasteiger partial charge on any atom is 0.247 e. The molecule has 36 heavy (non-hydrogen) atoms. The Hall–Kier alpha value is -3.47. The molecular weight excluding hydrogens is 474 g/mol. The molecular formula is C26H31N7O2S. The van der Waals surface area contributed by atoms with E-state index in [9.17, 15) is 8.42 Å². The second-order valence-corrected chi connectivity index (χ2v) is 11.1. The van der Waals surface area contributed by atoms with Crippen LogP contribution in [0.25, 0.3) is 11.0 Å². The Balaban J connectivity index is 1.56. The molecule has 2 aromatic heterocycles. The summed E-state index contributed by atoms with van der Waals surface area (Å²) in [7, 11) is -1.81. The maximum atomic E-state index is 12.2. The van der Waals surface area contributed by atoms with Crippen LogP contribution in [0.5, 0.6) is 0 Å². The van der Waals surface area contributed by atoms with Crippen molar-refractivity contribution in [1.29, 1.82) is 0 Å². The number of benzene rings is 2. The molecule has 9 nitrogen and oxygen atoms in total. The van der Waals surface area contributed by atoms with Crippen molar-refractivity contribution in [3.8, 4) is 0 Å². The highest BCUT2D eigenvalue weighted by Crippen LogP contribution is 2.29. The number of para-hydroxylation sites is 2. The van der Waals surface area contributed by atoms with E-state index in [4.69, 9.17) is 9.97 Å². The van der Waals surface area contributed by atoms with E-state index in [1.165, 1.54) is 10.6 Å². The molecule has 0 amide bonds. The fourth-order valence-electron chi connectivity index (χ4n) is 4.58. The summed E-state index contributed by atoms with van der Waals surface area (Å²) in [6.45, 7) is 5.27. The van der Waals surface area contributed by atoms with Gasteiger partial charge in [-0.15, -0.1) is 0 Å². The Morgan fingerprint density at radius 1 is 1.08 bits per heavy atom. The molecule has 1 N–H and O–H groups in total. The highest BCUT2D eigenvalue weighted by Gasteiger charge is 2.28. The number of nitrogens with zero attached hydrogens (tertiary/aromatic N) is 6. The second-order valence-electron chi connectivity index (χ2n) is 9.12. The van der Waals surface area contributed by atoms with Crippen LogP contribution in [0.1, 0.15) is 12.5 Å². The minimum Gasteiger partial charge on any atom is -0.328 e. The molecule has 1 atom stereocenters. The number of rotatable bonds is 7. The number of nitrogens with one attached hydrogen (secondary N) is 1. The topological polar surface area (TPSA) is 86.6 Å². The lowest BCUT2D eigenvalue weighted by Crippen LogP contribution is -2.56. The molecule has 0 aliphatic carbocycles. The van der Waals surface area contributed by atoms with Gasteiger partial charge in [0.05, 0.1) is 24.2 Å². The lowest BCUT2D eigenvalue weighted by atomic mass is 10.2. The number of hydrogen-bond acceptors (Lipinski definition) is 7. The summed E-state index contributed by atoms with van der Waals surface area (Å²) in [5, 5.41) is 8.78. The first-order valence-electron chi connectivity index (χ1n) is 12.0. The highest BCUT2D eigenvalue weighted by molar-refractivity contribution is 7.92. The molecule has 2 aromatic carbocycles. The van der Waals surface area contributed by atoms with Gasteiger partial charge < -0.3 is 9.88 Å². The van der Waals surface area contributed by atoms with Crippen LogP contribution in [0.15, 0.2) is 73.1 Å². The Morgan fingerprint density at radius 3 is 2.58 bits per heavy atom. The molecule has 0 bridgehead atoms. The van der Waals surface area contributed by atoms with Gasteiger partial charge in [0.2, 0.25) is 16.0 Å². The number of sulfonamides is 1. The third-order valence-corrected chi connectivity index (χ3v) is 7.76. The van der Waals surface area contributed by atoms with E-state index in [2.05, 4.69) is 34.4 Å². The first-order chi connectivity index (χ1) is 17.3. The van der Waals surface area contributed by atoms with Crippen LogP contribution in [0, 0.1) is 0 Å². The number of aromatic nitrogens is 3. The van der Waals surface area contributed by atoms with E-state index in [0.29, 0.717) is 18.2 Å². The number of piperazine rings is 1. The Labute approximate surface area is 212 Å². The molecule has 0 radical (unpaired) electrons. The number of anilines is 3. The van der Waals surface area contributed by atoms with Crippen molar-refractivity contribution in [3.63, 3.8) is 0 Å². The number of hydrazine groups is 1. The van der Waals surface area contributed by atoms with Crippen molar-refractivity contribution in [1.82, 2.24) is 24.9 Å². The van der Waals surface area contributed by atoms with Gasteiger partial charge in [-0.1, -0.05) is 36.4 Å². The Kier molecular flexibility index (Phi) is 6.65. The molecule has 1 unspecified atom stereocenters. The van der Waals surface area contributed by atoms with Gasteiger partial charge in [-0.2, -0.15) is 4.98 Å². The summed E-state index contributed by atoms with van der Waals surface area (Å²) in [6.07, 6.45) is 5.04. The van der Waals surface area contributed by atoms with Crippen molar-refractivity contribution >= 4 is 38.4 Å². The summed E-state index contributed by atoms with van der Waals surface area (Å²) < 4.78 is 27.8. The fourth-order valence-corrected chi connectivity index (χ4v) is 5.12. The lowest BCUT2D eigenvalue weighted by molar-refractivity contribution is 0.173. The average molecular weight is 506 g/mol. The SMILES string of the molecule is CC1CNCCN1N(c1ccccc1)c1ncc2ccn(Cc3ccccc3N(C)S(C)(=O)=O)c2n1. The van der Waals surface area contributed by atoms with Crippen molar-refractivity contribution in [2.45, 2.75) is 19.5 Å². The maximum absolute atomic E-state index is 12.2. The normalized spacial score (nSPS) is 16.8. The van der Waals surface area contributed by atoms with Crippen molar-refractivity contribution in [2.75, 3.05) is 42.3 Å². The van der Waals surface area contributed by atoms with Gasteiger partial charge in [0, 0.05) is 50.5 Å². The monoisotopic (exact) mass is 505 g/mol. The molecule has 4 aromatic rings. The zero-order valence-corrected chi connectivity index (χ0v) is 21.6. The van der Waals surface area contributed by atoms with Crippen molar-refractivity contribution < 1.29 is 8.42 Å². The van der Waals surface area contributed by atoms with Gasteiger partial charge in [-0.3, -0.25) is 4.31 Å². The fraction of sp³-hybridized carbons (Fsp3) is 0.308. The third kappa shape index (κ3) is 4.79. The lowest BCUT2D eigenvalue weighted by Gasteiger charge is -2.41. The van der Waals surface area contributed by atoms with Gasteiger partial charge in [0.15, 0.2) is 0 Å². The van der Waals surface area contributed by atoms with Gasteiger partial charge in [0.25, 0.3) is 0 Å². The number of fused-ring (bicyclic) bond motifs is 1. The van der Waals surface area contributed by atoms with Gasteiger partial charge in [0.1, 0.15) is 5.65 Å². The summed E-state index contributed by atoms with van der Waals surface area (Å²) in [5.74, 6) is 0.601. The number of hydrogen-bond donors (Lipinski definition) is 1. The summed E-state index contributed by atoms with van der Waals surface area (Å²) >= 11 is 0. The van der Waals surface area contributed by atoms with Gasteiger partial charge in [-0.25, -0.2) is 23.4 Å². The van der Waals surface area contributed by atoms with Crippen LogP contribution in [0.2, 0.25) is 0 Å². The zero-order chi connectivity index (χ0) is 25.3. The van der Waals surface area contributed by atoms with Crippen LogP contribution >= 0.6 is 0 Å². The second kappa shape index (κ2) is 9.88. The summed E-state index contributed by atoms with van der Waals surface area (Å²) in [6, 6.07) is 20.0. The van der Waals surface area contributed by atoms with Crippen molar-refractivity contribution in [3.05, 3.63) is 78.6 Å². The molecule has 0 spiro atoms. The minimum absolute atomic E-state index is 0.267. The smallest absolute Gasteiger partial charge is 0.247 e. The first-order valence-corrected chi connectivity index (χ1v) is 13.8. The molecule has 1 aliphatic heterocycles. The van der Waals surface area contributed by atoms with Crippen LogP contribution in [-0.2, 0) is 16.6 Å². The third-order valence-electron chi connectivity index (χ3n) is 6.57. The molecule has 1 saturated heterocycles. The Morgan fingerprint density at radius 2 is 1.83 bits per heavy atom. The van der Waals surface area contributed by atoms with E-state index in [0.717, 1.165) is 41.9 Å². The largest absolute Gasteiger partial charge is 0.328 e. The molecule has 0 saturated carbocycles. The predicted octanol–water partition coefficient (Wildman–Crippen LogP) is 3.22. The zero-order valence-electron chi connectivity index (χ0n) is 20.7. The Bertz CT molecular complexity index is 1460. The molecule has 10 heteroatoms. The molecule has 188 valence electrons. The van der Waals surface area contributed by atoms with E-state index in [1.807, 2.05) is 65.5 Å². The molecule has 5 rings (SSSR count). The molecule has 3 heterocycles. The standard InChI is InChI=1S/C26H31N7O2S/c1-20-17-27-14-16-32(20)33(23-10-5-4-6-11-23)26-28-18-21-13-15-31(25(21)29-26)19-22-9-7-8-12-24(22)30(2)36(3,34)35/h4-13,15,18,20,27H,14,16-17,19H2,1-3H3. The highest BCUT2D eigenvalue weighted by atomic mass is 32.2. The summed E-state index contributed by atoms with van der Waals surface area (Å²) in [4.78, 5) is 9.77. The van der Waals surface area contributed by atoms with Crippen LogP contribution in [-0.4, -0.2) is 66.9 Å². The van der Waals surface area contributed by atoms with Crippen LogP contribution < -0.4 is 14.6 Å². The summed E-state index contributed by atoms with van der Waals surface area (Å²) in [5.41, 5.74) is 3.33. The van der Waals surface area contributed by atoms with Gasteiger partial charge >= 0.3 is 0 Å². The minimum atomic E-state index is -3.38. The average Bonchev–Trinajstić information content (AvgIpc) is 3.27. The predicted molar refractivity (Wildman–Crippen MR) is 144 cm³/mol. The van der Waals surface area contributed by atoms with E-state index in [1.54, 1.807) is 7.05 Å². The first kappa shape index (κ1) is 24.2. The van der Waals surface area contributed by atoms with Crippen LogP contribution in [0.3, 0.4) is 0 Å². The van der Waals surface area contributed by atoms with Crippen LogP contribution in [0.4, 0.5) is 17.3 Å². The van der Waals surface area contributed by atoms with E-state index < -0.39 is 10.0 Å². The quantitative estimate of drug-likeness (QED) is 0.413. The van der Waals surface area contributed by atoms with Gasteiger partial charge in [-0.05, 0) is 36.8 Å². The van der Waals surface area contributed by atoms with E-state index in [-0.39, 0.29) is 6.04 Å².